The van der Waals surface area contributed by atoms with E-state index < -0.39 is 0 Å². The molecule has 5 nitrogen and oxygen atoms in total. The summed E-state index contributed by atoms with van der Waals surface area (Å²) < 4.78 is 5.25. The van der Waals surface area contributed by atoms with Crippen molar-refractivity contribution in [3.05, 3.63) is 71.8 Å². The summed E-state index contributed by atoms with van der Waals surface area (Å²) in [6.07, 6.45) is 1.85. The van der Waals surface area contributed by atoms with Gasteiger partial charge in [0, 0.05) is 23.9 Å². The number of rotatable bonds is 9. The summed E-state index contributed by atoms with van der Waals surface area (Å²) in [6.45, 7) is 4.83. The van der Waals surface area contributed by atoms with E-state index in [0.29, 0.717) is 25.3 Å². The lowest BCUT2D eigenvalue weighted by molar-refractivity contribution is -0.122. The van der Waals surface area contributed by atoms with Crippen molar-refractivity contribution in [2.24, 2.45) is 5.92 Å². The maximum absolute atomic E-state index is 12.9. The molecule has 0 saturated carbocycles. The van der Waals surface area contributed by atoms with Crippen LogP contribution in [0.3, 0.4) is 0 Å². The Morgan fingerprint density at radius 3 is 2.44 bits per heavy atom. The third-order valence-corrected chi connectivity index (χ3v) is 6.00. The highest BCUT2D eigenvalue weighted by Gasteiger charge is 2.29. The second kappa shape index (κ2) is 9.43. The molecule has 1 heterocycles. The molecular weight excluding hydrogens is 400 g/mol. The van der Waals surface area contributed by atoms with Crippen LogP contribution in [0.2, 0.25) is 0 Å². The van der Waals surface area contributed by atoms with Crippen molar-refractivity contribution in [3.8, 4) is 5.75 Å². The number of anilines is 1. The number of benzene rings is 3. The summed E-state index contributed by atoms with van der Waals surface area (Å²) in [5, 5.41) is 5.28. The van der Waals surface area contributed by atoms with E-state index >= 15 is 0 Å². The first-order chi connectivity index (χ1) is 15.5. The third-order valence-electron chi connectivity index (χ3n) is 6.00. The fourth-order valence-electron chi connectivity index (χ4n) is 4.45. The van der Waals surface area contributed by atoms with E-state index in [9.17, 15) is 9.59 Å². The van der Waals surface area contributed by atoms with Gasteiger partial charge >= 0.3 is 0 Å². The Morgan fingerprint density at radius 1 is 1.03 bits per heavy atom. The van der Waals surface area contributed by atoms with Gasteiger partial charge in [-0.1, -0.05) is 50.2 Å². The summed E-state index contributed by atoms with van der Waals surface area (Å²) in [7, 11) is 1.65. The number of hydrogen-bond donors (Lipinski definition) is 1. The van der Waals surface area contributed by atoms with Crippen molar-refractivity contribution in [2.45, 2.75) is 39.2 Å². The van der Waals surface area contributed by atoms with Gasteiger partial charge in [0.25, 0.3) is 5.91 Å². The van der Waals surface area contributed by atoms with Crippen LogP contribution in [0.1, 0.15) is 55.1 Å². The average Bonchev–Trinajstić information content (AvgIpc) is 3.06. The molecule has 0 spiro atoms. The van der Waals surface area contributed by atoms with Gasteiger partial charge in [0.1, 0.15) is 5.75 Å². The van der Waals surface area contributed by atoms with Crippen molar-refractivity contribution in [1.82, 2.24) is 5.32 Å². The van der Waals surface area contributed by atoms with Crippen molar-refractivity contribution in [3.63, 3.8) is 0 Å². The monoisotopic (exact) mass is 430 g/mol. The minimum absolute atomic E-state index is 0.00818. The number of nitrogens with zero attached hydrogens (tertiary/aromatic N) is 1. The number of ether oxygens (including phenoxy) is 1. The first-order valence-corrected chi connectivity index (χ1v) is 11.2. The van der Waals surface area contributed by atoms with Gasteiger partial charge in [-0.2, -0.15) is 0 Å². The molecule has 0 saturated heterocycles. The van der Waals surface area contributed by atoms with E-state index in [1.54, 1.807) is 12.0 Å². The zero-order valence-corrected chi connectivity index (χ0v) is 18.9. The molecule has 1 aliphatic rings. The number of amides is 2. The molecule has 166 valence electrons. The van der Waals surface area contributed by atoms with Crippen molar-refractivity contribution in [1.29, 1.82) is 0 Å². The first-order valence-electron chi connectivity index (χ1n) is 11.2. The van der Waals surface area contributed by atoms with Crippen molar-refractivity contribution < 1.29 is 14.3 Å². The Morgan fingerprint density at radius 2 is 1.75 bits per heavy atom. The maximum Gasteiger partial charge on any atom is 0.258 e. The van der Waals surface area contributed by atoms with Crippen LogP contribution in [0.15, 0.2) is 60.7 Å². The first kappa shape index (κ1) is 21.9. The third kappa shape index (κ3) is 4.47. The molecule has 0 unspecified atom stereocenters. The minimum Gasteiger partial charge on any atom is -0.497 e. The number of hydrogen-bond acceptors (Lipinski definition) is 3. The Hall–Kier alpha value is -3.34. The summed E-state index contributed by atoms with van der Waals surface area (Å²) >= 11 is 0. The summed E-state index contributed by atoms with van der Waals surface area (Å²) in [6, 6.07) is 19.6. The van der Waals surface area contributed by atoms with Crippen LogP contribution in [0.4, 0.5) is 5.69 Å². The van der Waals surface area contributed by atoms with Crippen LogP contribution < -0.4 is 15.0 Å². The SMILES string of the molecule is COc1ccc([C@@H](CC(C)C)NC(=O)CCCN2C(=O)c3cccc4cccc2c34)cc1. The van der Waals surface area contributed by atoms with Crippen LogP contribution in [0.25, 0.3) is 10.8 Å². The predicted octanol–water partition coefficient (Wildman–Crippen LogP) is 5.49. The molecule has 1 aliphatic heterocycles. The lowest BCUT2D eigenvalue weighted by Gasteiger charge is -2.22. The molecular formula is C27H30N2O3. The molecule has 3 aromatic rings. The van der Waals surface area contributed by atoms with Gasteiger partial charge in [-0.05, 0) is 54.0 Å². The summed E-state index contributed by atoms with van der Waals surface area (Å²) in [4.78, 5) is 27.5. The lowest BCUT2D eigenvalue weighted by Crippen LogP contribution is -2.32. The number of methoxy groups -OCH3 is 1. The van der Waals surface area contributed by atoms with Crippen LogP contribution in [-0.4, -0.2) is 25.5 Å². The van der Waals surface area contributed by atoms with Crippen molar-refractivity contribution >= 4 is 28.3 Å². The highest BCUT2D eigenvalue weighted by molar-refractivity contribution is 6.25. The summed E-state index contributed by atoms with van der Waals surface area (Å²) in [5.74, 6) is 1.28. The second-order valence-corrected chi connectivity index (χ2v) is 8.76. The van der Waals surface area contributed by atoms with Gasteiger partial charge in [-0.15, -0.1) is 0 Å². The lowest BCUT2D eigenvalue weighted by atomic mass is 9.96. The fourth-order valence-corrected chi connectivity index (χ4v) is 4.45. The van der Waals surface area contributed by atoms with Crippen molar-refractivity contribution in [2.75, 3.05) is 18.6 Å². The molecule has 0 radical (unpaired) electrons. The van der Waals surface area contributed by atoms with Crippen LogP contribution >= 0.6 is 0 Å². The number of nitrogens with one attached hydrogen (secondary N) is 1. The smallest absolute Gasteiger partial charge is 0.258 e. The zero-order chi connectivity index (χ0) is 22.7. The molecule has 5 heteroatoms. The molecule has 1 N–H and O–H groups in total. The van der Waals surface area contributed by atoms with Gasteiger partial charge in [-0.3, -0.25) is 9.59 Å². The number of carbonyl (C=O) groups excluding carboxylic acids is 2. The van der Waals surface area contributed by atoms with E-state index in [-0.39, 0.29) is 17.9 Å². The topological polar surface area (TPSA) is 58.6 Å². The van der Waals surface area contributed by atoms with Gasteiger partial charge in [0.05, 0.1) is 18.8 Å². The summed E-state index contributed by atoms with van der Waals surface area (Å²) in [5.41, 5.74) is 2.77. The maximum atomic E-state index is 12.9. The average molecular weight is 431 g/mol. The molecule has 0 aromatic heterocycles. The zero-order valence-electron chi connectivity index (χ0n) is 18.9. The van der Waals surface area contributed by atoms with E-state index in [2.05, 4.69) is 19.2 Å². The van der Waals surface area contributed by atoms with E-state index in [4.69, 9.17) is 4.74 Å². The molecule has 32 heavy (non-hydrogen) atoms. The predicted molar refractivity (Wildman–Crippen MR) is 128 cm³/mol. The Labute approximate surface area is 189 Å². The molecule has 2 amide bonds. The van der Waals surface area contributed by atoms with E-state index in [1.165, 1.54) is 0 Å². The molecule has 0 fully saturated rings. The molecule has 0 bridgehead atoms. The Kier molecular flexibility index (Phi) is 6.45. The quantitative estimate of drug-likeness (QED) is 0.488. The minimum atomic E-state index is -0.0418. The van der Waals surface area contributed by atoms with E-state index in [1.807, 2.05) is 60.7 Å². The van der Waals surface area contributed by atoms with Crippen LogP contribution in [0.5, 0.6) is 5.75 Å². The highest BCUT2D eigenvalue weighted by Crippen LogP contribution is 2.37. The fraction of sp³-hybridized carbons (Fsp3) is 0.333. The highest BCUT2D eigenvalue weighted by atomic mass is 16.5. The second-order valence-electron chi connectivity index (χ2n) is 8.76. The standard InChI is InChI=1S/C27H30N2O3/c1-18(2)17-23(19-12-14-21(32-3)15-13-19)28-25(30)11-6-16-29-24-10-5-8-20-7-4-9-22(26(20)24)27(29)31/h4-5,7-10,12-15,18,23H,6,11,16-17H2,1-3H3,(H,28,30)/t23-/m1/s1. The Balaban J connectivity index is 1.38. The van der Waals surface area contributed by atoms with E-state index in [0.717, 1.165) is 39.8 Å². The van der Waals surface area contributed by atoms with Crippen LogP contribution in [0, 0.1) is 5.92 Å². The van der Waals surface area contributed by atoms with Gasteiger partial charge < -0.3 is 15.0 Å². The molecule has 4 rings (SSSR count). The molecule has 3 aromatic carbocycles. The largest absolute Gasteiger partial charge is 0.497 e. The van der Waals surface area contributed by atoms with Gasteiger partial charge in [-0.25, -0.2) is 0 Å². The normalized spacial score (nSPS) is 13.6. The van der Waals surface area contributed by atoms with Gasteiger partial charge in [0.2, 0.25) is 5.91 Å². The van der Waals surface area contributed by atoms with Crippen LogP contribution in [-0.2, 0) is 4.79 Å². The Bertz CT molecular complexity index is 1120. The molecule has 0 aliphatic carbocycles. The van der Waals surface area contributed by atoms with Gasteiger partial charge in [0.15, 0.2) is 0 Å². The number of carbonyl (C=O) groups is 2. The molecule has 1 atom stereocenters.